The van der Waals surface area contributed by atoms with Crippen LogP contribution >= 0.6 is 11.6 Å². The molecule has 0 radical (unpaired) electrons. The summed E-state index contributed by atoms with van der Waals surface area (Å²) < 4.78 is 0. The zero-order chi connectivity index (χ0) is 12.2. The summed E-state index contributed by atoms with van der Waals surface area (Å²) in [5.74, 6) is -0.775. The number of anilines is 1. The van der Waals surface area contributed by atoms with Crippen LogP contribution in [0.25, 0.3) is 0 Å². The van der Waals surface area contributed by atoms with Crippen LogP contribution in [0.15, 0.2) is 24.3 Å². The molecule has 0 spiro atoms. The summed E-state index contributed by atoms with van der Waals surface area (Å²) in [7, 11) is 0. The molecule has 1 rings (SSSR count). The molecule has 0 saturated heterocycles. The predicted octanol–water partition coefficient (Wildman–Crippen LogP) is 3.25. The number of carbonyl (C=O) groups is 1. The molecule has 0 fully saturated rings. The number of nitrogens with one attached hydrogen (secondary N) is 1. The Kier molecular flexibility index (Phi) is 4.19. The number of halogens is 1. The Morgan fingerprint density at radius 2 is 1.94 bits per heavy atom. The maximum Gasteiger partial charge on any atom is 0.303 e. The van der Waals surface area contributed by atoms with Crippen molar-refractivity contribution in [3.8, 4) is 0 Å². The van der Waals surface area contributed by atoms with Crippen LogP contribution in [0.2, 0.25) is 5.02 Å². The smallest absolute Gasteiger partial charge is 0.303 e. The van der Waals surface area contributed by atoms with Gasteiger partial charge in [-0.15, -0.1) is 0 Å². The van der Waals surface area contributed by atoms with E-state index in [-0.39, 0.29) is 11.8 Å². The Morgan fingerprint density at radius 3 is 2.44 bits per heavy atom. The first-order chi connectivity index (χ1) is 7.39. The van der Waals surface area contributed by atoms with E-state index in [0.29, 0.717) is 11.6 Å². The summed E-state index contributed by atoms with van der Waals surface area (Å²) in [6.07, 6.45) is 0.146. The van der Waals surface area contributed by atoms with E-state index in [9.17, 15) is 4.79 Å². The van der Waals surface area contributed by atoms with Crippen molar-refractivity contribution in [3.63, 3.8) is 0 Å². The zero-order valence-corrected chi connectivity index (χ0v) is 10.2. The Morgan fingerprint density at radius 1 is 1.38 bits per heavy atom. The first-order valence-corrected chi connectivity index (χ1v) is 5.48. The molecule has 0 aliphatic rings. The van der Waals surface area contributed by atoms with Crippen molar-refractivity contribution in [1.29, 1.82) is 0 Å². The van der Waals surface area contributed by atoms with Gasteiger partial charge in [0, 0.05) is 17.3 Å². The van der Waals surface area contributed by atoms with Crippen LogP contribution in [0.5, 0.6) is 0 Å². The summed E-state index contributed by atoms with van der Waals surface area (Å²) in [5.41, 5.74) is 0.675. The van der Waals surface area contributed by atoms with Crippen LogP contribution in [0.3, 0.4) is 0 Å². The van der Waals surface area contributed by atoms with Crippen LogP contribution in [-0.4, -0.2) is 17.6 Å². The molecule has 0 aromatic heterocycles. The first kappa shape index (κ1) is 12.8. The third-order valence-corrected chi connectivity index (χ3v) is 2.50. The fourth-order valence-electron chi connectivity index (χ4n) is 1.38. The minimum Gasteiger partial charge on any atom is -0.481 e. The van der Waals surface area contributed by atoms with Gasteiger partial charge >= 0.3 is 5.97 Å². The van der Waals surface area contributed by atoms with Gasteiger partial charge in [-0.25, -0.2) is 0 Å². The summed E-state index contributed by atoms with van der Waals surface area (Å²) in [6, 6.07) is 7.35. The van der Waals surface area contributed by atoms with Crippen LogP contribution in [0.1, 0.15) is 20.3 Å². The molecule has 0 aliphatic heterocycles. The van der Waals surface area contributed by atoms with Crippen LogP contribution in [0, 0.1) is 5.41 Å². The highest BCUT2D eigenvalue weighted by Gasteiger charge is 2.21. The molecule has 4 heteroatoms. The molecule has 3 nitrogen and oxygen atoms in total. The number of benzene rings is 1. The van der Waals surface area contributed by atoms with Gasteiger partial charge in [-0.1, -0.05) is 25.4 Å². The molecule has 16 heavy (non-hydrogen) atoms. The zero-order valence-electron chi connectivity index (χ0n) is 9.46. The number of hydrogen-bond acceptors (Lipinski definition) is 2. The molecule has 0 amide bonds. The first-order valence-electron chi connectivity index (χ1n) is 5.10. The summed E-state index contributed by atoms with van der Waals surface area (Å²) in [5, 5.41) is 12.6. The molecule has 1 aromatic rings. The fourth-order valence-corrected chi connectivity index (χ4v) is 1.51. The molecule has 0 unspecified atom stereocenters. The average molecular weight is 242 g/mol. The third kappa shape index (κ3) is 4.53. The molecule has 0 atom stereocenters. The van der Waals surface area contributed by atoms with E-state index in [1.807, 2.05) is 26.0 Å². The van der Waals surface area contributed by atoms with Gasteiger partial charge in [-0.3, -0.25) is 4.79 Å². The number of carboxylic acids is 1. The van der Waals surface area contributed by atoms with Crippen molar-refractivity contribution in [2.45, 2.75) is 20.3 Å². The molecule has 0 bridgehead atoms. The monoisotopic (exact) mass is 241 g/mol. The highest BCUT2D eigenvalue weighted by atomic mass is 35.5. The van der Waals surface area contributed by atoms with Gasteiger partial charge in [-0.05, 0) is 29.7 Å². The standard InChI is InChI=1S/C12H16ClNO2/c1-12(2,7-11(15)16)8-14-10-5-3-9(13)4-6-10/h3-6,14H,7-8H2,1-2H3,(H,15,16). The topological polar surface area (TPSA) is 49.3 Å². The molecule has 2 N–H and O–H groups in total. The molecular weight excluding hydrogens is 226 g/mol. The number of rotatable bonds is 5. The molecular formula is C12H16ClNO2. The summed E-state index contributed by atoms with van der Waals surface area (Å²) in [6.45, 7) is 4.45. The number of aliphatic carboxylic acids is 1. The van der Waals surface area contributed by atoms with Crippen LogP contribution in [0.4, 0.5) is 5.69 Å². The van der Waals surface area contributed by atoms with Crippen molar-refractivity contribution < 1.29 is 9.90 Å². The number of hydrogen-bond donors (Lipinski definition) is 2. The summed E-state index contributed by atoms with van der Waals surface area (Å²) >= 11 is 5.77. The lowest BCUT2D eigenvalue weighted by Crippen LogP contribution is -2.26. The second-order valence-electron chi connectivity index (χ2n) is 4.60. The Hall–Kier alpha value is -1.22. The maximum absolute atomic E-state index is 10.6. The highest BCUT2D eigenvalue weighted by molar-refractivity contribution is 6.30. The van der Waals surface area contributed by atoms with Crippen molar-refractivity contribution in [3.05, 3.63) is 29.3 Å². The van der Waals surface area contributed by atoms with Gasteiger partial charge in [-0.2, -0.15) is 0 Å². The molecule has 88 valence electrons. The average Bonchev–Trinajstić information content (AvgIpc) is 2.15. The van der Waals surface area contributed by atoms with Crippen LogP contribution in [-0.2, 0) is 4.79 Å². The van der Waals surface area contributed by atoms with Crippen molar-refractivity contribution in [1.82, 2.24) is 0 Å². The van der Waals surface area contributed by atoms with Crippen LogP contribution < -0.4 is 5.32 Å². The molecule has 0 saturated carbocycles. The second-order valence-corrected chi connectivity index (χ2v) is 5.03. The Balaban J connectivity index is 2.50. The Labute approximate surface area is 100 Å². The van der Waals surface area contributed by atoms with Gasteiger partial charge in [0.1, 0.15) is 0 Å². The van der Waals surface area contributed by atoms with E-state index in [2.05, 4.69) is 5.32 Å². The SMILES string of the molecule is CC(C)(CNc1ccc(Cl)cc1)CC(=O)O. The molecule has 1 aromatic carbocycles. The van der Waals surface area contributed by atoms with E-state index >= 15 is 0 Å². The normalized spacial score (nSPS) is 11.2. The van der Waals surface area contributed by atoms with Crippen molar-refractivity contribution in [2.24, 2.45) is 5.41 Å². The fraction of sp³-hybridized carbons (Fsp3) is 0.417. The van der Waals surface area contributed by atoms with Gasteiger partial charge in [0.05, 0.1) is 6.42 Å². The van der Waals surface area contributed by atoms with E-state index in [0.717, 1.165) is 5.69 Å². The van der Waals surface area contributed by atoms with Gasteiger partial charge in [0.2, 0.25) is 0 Å². The molecule has 0 heterocycles. The summed E-state index contributed by atoms with van der Waals surface area (Å²) in [4.78, 5) is 10.6. The lowest BCUT2D eigenvalue weighted by molar-refractivity contribution is -0.139. The minimum absolute atomic E-state index is 0.146. The number of carboxylic acid groups (broad SMARTS) is 1. The third-order valence-electron chi connectivity index (χ3n) is 2.25. The maximum atomic E-state index is 10.6. The highest BCUT2D eigenvalue weighted by Crippen LogP contribution is 2.21. The largest absolute Gasteiger partial charge is 0.481 e. The van der Waals surface area contributed by atoms with E-state index in [1.165, 1.54) is 0 Å². The van der Waals surface area contributed by atoms with Gasteiger partial charge < -0.3 is 10.4 Å². The van der Waals surface area contributed by atoms with Crippen molar-refractivity contribution >= 4 is 23.3 Å². The van der Waals surface area contributed by atoms with E-state index < -0.39 is 5.97 Å². The lowest BCUT2D eigenvalue weighted by atomic mass is 9.89. The van der Waals surface area contributed by atoms with E-state index in [1.54, 1.807) is 12.1 Å². The van der Waals surface area contributed by atoms with E-state index in [4.69, 9.17) is 16.7 Å². The Bertz CT molecular complexity index is 360. The lowest BCUT2D eigenvalue weighted by Gasteiger charge is -2.23. The second kappa shape index (κ2) is 5.21. The quantitative estimate of drug-likeness (QED) is 0.832. The van der Waals surface area contributed by atoms with Crippen molar-refractivity contribution in [2.75, 3.05) is 11.9 Å². The van der Waals surface area contributed by atoms with Gasteiger partial charge in [0.25, 0.3) is 0 Å². The minimum atomic E-state index is -0.775. The predicted molar refractivity (Wildman–Crippen MR) is 66.0 cm³/mol. The molecule has 0 aliphatic carbocycles. The van der Waals surface area contributed by atoms with Gasteiger partial charge in [0.15, 0.2) is 0 Å².